The van der Waals surface area contributed by atoms with E-state index in [2.05, 4.69) is 25.1 Å². The first-order chi connectivity index (χ1) is 14.7. The van der Waals surface area contributed by atoms with Crippen LogP contribution in [0.5, 0.6) is 5.75 Å². The molecule has 4 rings (SSSR count). The predicted octanol–water partition coefficient (Wildman–Crippen LogP) is 5.95. The van der Waals surface area contributed by atoms with Crippen LogP contribution in [-0.4, -0.2) is 5.97 Å². The zero-order chi connectivity index (χ0) is 20.9. The van der Waals surface area contributed by atoms with Crippen molar-refractivity contribution in [2.45, 2.75) is 71.1 Å². The summed E-state index contributed by atoms with van der Waals surface area (Å²) in [4.78, 5) is 12.7. The molecule has 0 bridgehead atoms. The van der Waals surface area contributed by atoms with E-state index in [0.29, 0.717) is 11.3 Å². The molecule has 2 atom stereocenters. The zero-order valence-electron chi connectivity index (χ0n) is 18.0. The summed E-state index contributed by atoms with van der Waals surface area (Å²) in [5, 5.41) is 8.90. The van der Waals surface area contributed by atoms with E-state index < -0.39 is 0 Å². The Morgan fingerprint density at radius 1 is 1.00 bits per heavy atom. The van der Waals surface area contributed by atoms with Crippen LogP contribution in [0.1, 0.15) is 73.3 Å². The van der Waals surface area contributed by atoms with Gasteiger partial charge < -0.3 is 4.74 Å². The average molecular weight is 402 g/mol. The van der Waals surface area contributed by atoms with Crippen molar-refractivity contribution < 1.29 is 9.53 Å². The third kappa shape index (κ3) is 4.59. The van der Waals surface area contributed by atoms with E-state index in [1.54, 1.807) is 35.4 Å². The zero-order valence-corrected chi connectivity index (χ0v) is 18.0. The third-order valence-electron chi connectivity index (χ3n) is 6.90. The molecule has 0 aliphatic heterocycles. The van der Waals surface area contributed by atoms with Gasteiger partial charge in [0.2, 0.25) is 0 Å². The number of nitriles is 1. The van der Waals surface area contributed by atoms with Crippen LogP contribution in [0.15, 0.2) is 36.4 Å². The molecule has 2 aromatic carbocycles. The van der Waals surface area contributed by atoms with Gasteiger partial charge in [-0.1, -0.05) is 44.7 Å². The average Bonchev–Trinajstić information content (AvgIpc) is 2.79. The van der Waals surface area contributed by atoms with Gasteiger partial charge in [-0.05, 0) is 91.0 Å². The van der Waals surface area contributed by atoms with Crippen LogP contribution in [0, 0.1) is 23.2 Å². The molecule has 3 heteroatoms. The van der Waals surface area contributed by atoms with Crippen molar-refractivity contribution in [3.63, 3.8) is 0 Å². The smallest absolute Gasteiger partial charge is 0.314 e. The maximum absolute atomic E-state index is 12.7. The lowest BCUT2D eigenvalue weighted by Crippen LogP contribution is -2.28. The molecular weight excluding hydrogens is 370 g/mol. The van der Waals surface area contributed by atoms with Crippen LogP contribution in [-0.2, 0) is 30.5 Å². The maximum atomic E-state index is 12.7. The van der Waals surface area contributed by atoms with Gasteiger partial charge in [0, 0.05) is 0 Å². The van der Waals surface area contributed by atoms with Crippen LogP contribution in [0.3, 0.4) is 0 Å². The Morgan fingerprint density at radius 3 is 2.40 bits per heavy atom. The minimum atomic E-state index is -0.154. The van der Waals surface area contributed by atoms with Crippen molar-refractivity contribution in [2.24, 2.45) is 11.8 Å². The first kappa shape index (κ1) is 20.7. The molecule has 30 heavy (non-hydrogen) atoms. The number of benzene rings is 2. The number of rotatable bonds is 6. The third-order valence-corrected chi connectivity index (χ3v) is 6.90. The number of esters is 1. The Labute approximate surface area is 180 Å². The van der Waals surface area contributed by atoms with Crippen molar-refractivity contribution in [1.29, 1.82) is 5.26 Å². The number of fused-ring (bicyclic) bond motifs is 3. The summed E-state index contributed by atoms with van der Waals surface area (Å²) in [5.74, 6) is 1.13. The van der Waals surface area contributed by atoms with Gasteiger partial charge in [-0.25, -0.2) is 0 Å². The highest BCUT2D eigenvalue weighted by atomic mass is 16.5. The number of carbonyl (C=O) groups excluding carboxylic acids is 1. The van der Waals surface area contributed by atoms with E-state index in [-0.39, 0.29) is 11.9 Å². The molecule has 0 saturated carbocycles. The number of hydrogen-bond donors (Lipinski definition) is 0. The van der Waals surface area contributed by atoms with Gasteiger partial charge in [0.05, 0.1) is 17.6 Å². The molecule has 0 radical (unpaired) electrons. The summed E-state index contributed by atoms with van der Waals surface area (Å²) < 4.78 is 5.59. The van der Waals surface area contributed by atoms with Crippen LogP contribution in [0.4, 0.5) is 0 Å². The lowest BCUT2D eigenvalue weighted by atomic mass is 9.74. The van der Waals surface area contributed by atoms with E-state index in [4.69, 9.17) is 10.00 Å². The van der Waals surface area contributed by atoms with Gasteiger partial charge >= 0.3 is 5.97 Å². The maximum Gasteiger partial charge on any atom is 0.314 e. The van der Waals surface area contributed by atoms with Crippen LogP contribution in [0.2, 0.25) is 0 Å². The van der Waals surface area contributed by atoms with Crippen LogP contribution in [0.25, 0.3) is 0 Å². The molecule has 156 valence electrons. The van der Waals surface area contributed by atoms with E-state index in [9.17, 15) is 4.79 Å². The number of nitrogens with zero attached hydrogens (tertiary/aromatic N) is 1. The number of ether oxygens (including phenoxy) is 1. The predicted molar refractivity (Wildman–Crippen MR) is 118 cm³/mol. The molecule has 0 fully saturated rings. The minimum absolute atomic E-state index is 0.0865. The molecule has 3 nitrogen and oxygen atoms in total. The van der Waals surface area contributed by atoms with Crippen LogP contribution < -0.4 is 4.74 Å². The number of unbranched alkanes of at least 4 members (excludes halogenated alkanes) is 2. The largest absolute Gasteiger partial charge is 0.426 e. The highest BCUT2D eigenvalue weighted by Crippen LogP contribution is 2.36. The van der Waals surface area contributed by atoms with Crippen molar-refractivity contribution in [2.75, 3.05) is 0 Å². The fourth-order valence-corrected chi connectivity index (χ4v) is 5.17. The second-order valence-electron chi connectivity index (χ2n) is 8.94. The molecule has 0 aromatic heterocycles. The fourth-order valence-electron chi connectivity index (χ4n) is 5.17. The van der Waals surface area contributed by atoms with Gasteiger partial charge in [0.1, 0.15) is 5.75 Å². The Kier molecular flexibility index (Phi) is 6.53. The SMILES string of the molecule is CCCCC[C@H]1CCc2c(ccc3c2CC[C@H](C(=O)Oc2ccc(C#N)cc2)C3)C1. The molecule has 2 aliphatic rings. The summed E-state index contributed by atoms with van der Waals surface area (Å²) in [6, 6.07) is 13.4. The van der Waals surface area contributed by atoms with Crippen molar-refractivity contribution in [1.82, 2.24) is 0 Å². The van der Waals surface area contributed by atoms with E-state index >= 15 is 0 Å². The molecule has 0 unspecified atom stereocenters. The lowest BCUT2D eigenvalue weighted by Gasteiger charge is -2.31. The van der Waals surface area contributed by atoms with Crippen molar-refractivity contribution in [3.8, 4) is 11.8 Å². The standard InChI is InChI=1S/C27H31NO2/c1-2-3-4-5-19-8-14-25-21(16-19)9-10-22-17-23(11-15-26(22)25)27(29)30-24-12-6-20(18-28)7-13-24/h6-7,9-10,12-13,19,23H,2-5,8,11,14-17H2,1H3/t19-,23-/m0/s1. The quantitative estimate of drug-likeness (QED) is 0.341. The first-order valence-electron chi connectivity index (χ1n) is 11.5. The minimum Gasteiger partial charge on any atom is -0.426 e. The summed E-state index contributed by atoms with van der Waals surface area (Å²) in [5.41, 5.74) is 6.56. The Hall–Kier alpha value is -2.60. The molecule has 0 N–H and O–H groups in total. The molecule has 0 saturated heterocycles. The highest BCUT2D eigenvalue weighted by Gasteiger charge is 2.30. The molecule has 2 aliphatic carbocycles. The molecule has 0 spiro atoms. The van der Waals surface area contributed by atoms with Crippen molar-refractivity contribution >= 4 is 5.97 Å². The van der Waals surface area contributed by atoms with Gasteiger partial charge in [0.15, 0.2) is 0 Å². The number of carbonyl (C=O) groups is 1. The van der Waals surface area contributed by atoms with E-state index in [1.165, 1.54) is 56.1 Å². The van der Waals surface area contributed by atoms with Gasteiger partial charge in [0.25, 0.3) is 0 Å². The Balaban J connectivity index is 1.40. The molecule has 0 heterocycles. The summed E-state index contributed by atoms with van der Waals surface area (Å²) in [6.45, 7) is 2.27. The van der Waals surface area contributed by atoms with Gasteiger partial charge in [-0.2, -0.15) is 5.26 Å². The monoisotopic (exact) mass is 401 g/mol. The Bertz CT molecular complexity index is 939. The molecule has 2 aromatic rings. The van der Waals surface area contributed by atoms with Crippen LogP contribution >= 0.6 is 0 Å². The lowest BCUT2D eigenvalue weighted by molar-refractivity contribution is -0.139. The van der Waals surface area contributed by atoms with Gasteiger partial charge in [-0.3, -0.25) is 4.79 Å². The summed E-state index contributed by atoms with van der Waals surface area (Å²) >= 11 is 0. The molecular formula is C27H31NO2. The number of hydrogen-bond acceptors (Lipinski definition) is 3. The first-order valence-corrected chi connectivity index (χ1v) is 11.5. The summed E-state index contributed by atoms with van der Waals surface area (Å²) in [7, 11) is 0. The van der Waals surface area contributed by atoms with E-state index in [0.717, 1.165) is 25.2 Å². The second-order valence-corrected chi connectivity index (χ2v) is 8.94. The summed E-state index contributed by atoms with van der Waals surface area (Å²) in [6.07, 6.45) is 11.8. The second kappa shape index (κ2) is 9.47. The van der Waals surface area contributed by atoms with E-state index in [1.807, 2.05) is 0 Å². The molecule has 0 amide bonds. The van der Waals surface area contributed by atoms with Gasteiger partial charge in [-0.15, -0.1) is 0 Å². The normalized spacial score (nSPS) is 20.0. The van der Waals surface area contributed by atoms with Crippen molar-refractivity contribution in [3.05, 3.63) is 64.2 Å². The highest BCUT2D eigenvalue weighted by molar-refractivity contribution is 5.76. The topological polar surface area (TPSA) is 50.1 Å². The Morgan fingerprint density at radius 2 is 1.70 bits per heavy atom. The fraction of sp³-hybridized carbons (Fsp3) is 0.481.